The van der Waals surface area contributed by atoms with Crippen molar-refractivity contribution >= 4 is 34.8 Å². The van der Waals surface area contributed by atoms with Gasteiger partial charge < -0.3 is 10.6 Å². The van der Waals surface area contributed by atoms with Crippen LogP contribution in [0.5, 0.6) is 0 Å². The third kappa shape index (κ3) is 3.00. The number of rotatable bonds is 2. The van der Waals surface area contributed by atoms with E-state index in [1.54, 1.807) is 6.07 Å². The van der Waals surface area contributed by atoms with E-state index in [2.05, 4.69) is 20.6 Å². The quantitative estimate of drug-likeness (QED) is 0.834. The van der Waals surface area contributed by atoms with Gasteiger partial charge >= 0.3 is 0 Å². The molecule has 0 radical (unpaired) electrons. The predicted molar refractivity (Wildman–Crippen MR) is 81.9 cm³/mol. The zero-order valence-corrected chi connectivity index (χ0v) is 12.5. The van der Waals surface area contributed by atoms with Gasteiger partial charge in [-0.1, -0.05) is 29.3 Å². The Bertz CT molecular complexity index is 685. The number of carbonyl (C=O) groups is 1. The summed E-state index contributed by atoms with van der Waals surface area (Å²) in [5.41, 5.74) is 3.18. The molecular weight excluding hydrogens is 311 g/mol. The van der Waals surface area contributed by atoms with Crippen LogP contribution >= 0.6 is 23.2 Å². The van der Waals surface area contributed by atoms with E-state index >= 15 is 0 Å². The maximum absolute atomic E-state index is 12.3. The molecule has 0 saturated heterocycles. The van der Waals surface area contributed by atoms with Crippen LogP contribution in [0.3, 0.4) is 0 Å². The number of hydrogen-bond acceptors (Lipinski definition) is 4. The third-order valence-corrected chi connectivity index (χ3v) is 3.92. The first-order valence-corrected chi connectivity index (χ1v) is 7.20. The van der Waals surface area contributed by atoms with Gasteiger partial charge in [0.2, 0.25) is 0 Å². The molecule has 0 fully saturated rings. The summed E-state index contributed by atoms with van der Waals surface area (Å²) in [6.07, 6.45) is 2.21. The molecule has 2 heterocycles. The Kier molecular flexibility index (Phi) is 4.05. The number of hydrogen-bond donors (Lipinski definition) is 2. The maximum atomic E-state index is 12.3. The average Bonchev–Trinajstić information content (AvgIpc) is 2.50. The number of aromatic nitrogens is 2. The van der Waals surface area contributed by atoms with Gasteiger partial charge in [-0.05, 0) is 36.2 Å². The highest BCUT2D eigenvalue weighted by Gasteiger charge is 2.15. The lowest BCUT2D eigenvalue weighted by Crippen LogP contribution is -2.24. The molecule has 3 rings (SSSR count). The van der Waals surface area contributed by atoms with Gasteiger partial charge in [0.15, 0.2) is 10.3 Å². The predicted octanol–water partition coefficient (Wildman–Crippen LogP) is 2.68. The van der Waals surface area contributed by atoms with Gasteiger partial charge in [0.05, 0.1) is 0 Å². The summed E-state index contributed by atoms with van der Waals surface area (Å²) in [5, 5.41) is 6.16. The molecule has 0 aliphatic carbocycles. The first-order valence-electron chi connectivity index (χ1n) is 6.45. The van der Waals surface area contributed by atoms with Crippen LogP contribution < -0.4 is 10.6 Å². The molecule has 7 heteroatoms. The maximum Gasteiger partial charge on any atom is 0.255 e. The molecule has 0 atom stereocenters. The Morgan fingerprint density at radius 1 is 1.19 bits per heavy atom. The smallest absolute Gasteiger partial charge is 0.255 e. The van der Waals surface area contributed by atoms with E-state index in [0.717, 1.165) is 25.1 Å². The van der Waals surface area contributed by atoms with Crippen LogP contribution in [0.1, 0.15) is 21.5 Å². The third-order valence-electron chi connectivity index (χ3n) is 3.35. The minimum atomic E-state index is -0.290. The second-order valence-corrected chi connectivity index (χ2v) is 5.41. The summed E-state index contributed by atoms with van der Waals surface area (Å²) in [7, 11) is 0. The minimum Gasteiger partial charge on any atom is -0.317 e. The fourth-order valence-corrected chi connectivity index (χ4v) is 2.66. The average molecular weight is 323 g/mol. The summed E-state index contributed by atoms with van der Waals surface area (Å²) in [6, 6.07) is 5.66. The fourth-order valence-electron chi connectivity index (χ4n) is 2.26. The van der Waals surface area contributed by atoms with E-state index in [-0.39, 0.29) is 21.9 Å². The molecule has 1 amide bonds. The van der Waals surface area contributed by atoms with Gasteiger partial charge in [-0.2, -0.15) is 0 Å². The van der Waals surface area contributed by atoms with Gasteiger partial charge in [-0.25, -0.2) is 9.97 Å². The highest BCUT2D eigenvalue weighted by atomic mass is 35.5. The molecule has 2 N–H and O–H groups in total. The Labute approximate surface area is 131 Å². The second-order valence-electron chi connectivity index (χ2n) is 4.69. The molecule has 0 bridgehead atoms. The number of carbonyl (C=O) groups excluding carboxylic acids is 1. The SMILES string of the molecule is O=C(Nc1c(Cl)ncnc1Cl)c1ccc2c(c1)CNCC2. The van der Waals surface area contributed by atoms with Crippen molar-refractivity contribution < 1.29 is 4.79 Å². The molecule has 1 aliphatic heterocycles. The van der Waals surface area contributed by atoms with Crippen molar-refractivity contribution in [3.8, 4) is 0 Å². The first kappa shape index (κ1) is 14.3. The topological polar surface area (TPSA) is 66.9 Å². The first-order chi connectivity index (χ1) is 10.1. The van der Waals surface area contributed by atoms with Crippen LogP contribution in [0.4, 0.5) is 5.69 Å². The fraction of sp³-hybridized carbons (Fsp3) is 0.214. The zero-order valence-electron chi connectivity index (χ0n) is 11.0. The van der Waals surface area contributed by atoms with E-state index in [9.17, 15) is 4.79 Å². The zero-order chi connectivity index (χ0) is 14.8. The van der Waals surface area contributed by atoms with Crippen LogP contribution in [-0.4, -0.2) is 22.4 Å². The van der Waals surface area contributed by atoms with Crippen molar-refractivity contribution in [3.63, 3.8) is 0 Å². The lowest BCUT2D eigenvalue weighted by atomic mass is 9.98. The Morgan fingerprint density at radius 2 is 1.95 bits per heavy atom. The number of nitrogens with zero attached hydrogens (tertiary/aromatic N) is 2. The molecule has 0 unspecified atom stereocenters. The number of benzene rings is 1. The lowest BCUT2D eigenvalue weighted by Gasteiger charge is -2.17. The highest BCUT2D eigenvalue weighted by molar-refractivity contribution is 6.38. The van der Waals surface area contributed by atoms with Crippen LogP contribution in [0.25, 0.3) is 0 Å². The largest absolute Gasteiger partial charge is 0.317 e. The van der Waals surface area contributed by atoms with Crippen LogP contribution in [0.2, 0.25) is 10.3 Å². The molecule has 1 aliphatic rings. The van der Waals surface area contributed by atoms with Crippen molar-refractivity contribution in [1.29, 1.82) is 0 Å². The van der Waals surface area contributed by atoms with Crippen molar-refractivity contribution in [1.82, 2.24) is 15.3 Å². The normalized spacial score (nSPS) is 13.6. The van der Waals surface area contributed by atoms with E-state index in [1.165, 1.54) is 11.9 Å². The summed E-state index contributed by atoms with van der Waals surface area (Å²) in [4.78, 5) is 19.9. The van der Waals surface area contributed by atoms with E-state index in [0.29, 0.717) is 5.56 Å². The number of nitrogens with one attached hydrogen (secondary N) is 2. The van der Waals surface area contributed by atoms with Gasteiger partial charge in [-0.3, -0.25) is 4.79 Å². The summed E-state index contributed by atoms with van der Waals surface area (Å²) >= 11 is 11.8. The molecule has 2 aromatic rings. The van der Waals surface area contributed by atoms with Gasteiger partial charge in [0, 0.05) is 12.1 Å². The van der Waals surface area contributed by atoms with Crippen molar-refractivity contribution in [2.45, 2.75) is 13.0 Å². The van der Waals surface area contributed by atoms with Crippen LogP contribution in [-0.2, 0) is 13.0 Å². The Morgan fingerprint density at radius 3 is 2.71 bits per heavy atom. The van der Waals surface area contributed by atoms with Crippen LogP contribution in [0, 0.1) is 0 Å². The molecule has 0 saturated carbocycles. The monoisotopic (exact) mass is 322 g/mol. The van der Waals surface area contributed by atoms with Crippen molar-refractivity contribution in [2.75, 3.05) is 11.9 Å². The van der Waals surface area contributed by atoms with E-state index < -0.39 is 0 Å². The number of anilines is 1. The highest BCUT2D eigenvalue weighted by Crippen LogP contribution is 2.26. The number of fused-ring (bicyclic) bond motifs is 1. The molecule has 0 spiro atoms. The van der Waals surface area contributed by atoms with Crippen LogP contribution in [0.15, 0.2) is 24.5 Å². The standard InChI is InChI=1S/C14H12Cl2N4O/c15-12-11(13(16)19-7-18-12)20-14(21)9-2-1-8-3-4-17-6-10(8)5-9/h1-2,5,7,17H,3-4,6H2,(H,20,21). The Balaban J connectivity index is 1.86. The molecule has 108 valence electrons. The molecule has 21 heavy (non-hydrogen) atoms. The summed E-state index contributed by atoms with van der Waals surface area (Å²) in [6.45, 7) is 1.73. The van der Waals surface area contributed by atoms with Crippen molar-refractivity contribution in [3.05, 3.63) is 51.5 Å². The number of amides is 1. The lowest BCUT2D eigenvalue weighted by molar-refractivity contribution is 0.102. The molecular formula is C14H12Cl2N4O. The van der Waals surface area contributed by atoms with Gasteiger partial charge in [-0.15, -0.1) is 0 Å². The van der Waals surface area contributed by atoms with Crippen molar-refractivity contribution in [2.24, 2.45) is 0 Å². The second kappa shape index (κ2) is 5.97. The minimum absolute atomic E-state index is 0.114. The van der Waals surface area contributed by atoms with E-state index in [4.69, 9.17) is 23.2 Å². The number of halogens is 2. The van der Waals surface area contributed by atoms with Gasteiger partial charge in [0.25, 0.3) is 5.91 Å². The summed E-state index contributed by atoms with van der Waals surface area (Å²) < 4.78 is 0. The van der Waals surface area contributed by atoms with E-state index in [1.807, 2.05) is 12.1 Å². The van der Waals surface area contributed by atoms with Gasteiger partial charge in [0.1, 0.15) is 12.0 Å². The Hall–Kier alpha value is -1.69. The molecule has 5 nitrogen and oxygen atoms in total. The summed E-state index contributed by atoms with van der Waals surface area (Å²) in [5.74, 6) is -0.290. The molecule has 1 aromatic heterocycles. The molecule has 1 aromatic carbocycles.